The molecule has 0 saturated heterocycles. The van der Waals surface area contributed by atoms with Gasteiger partial charge in [-0.15, -0.1) is 0 Å². The molecule has 0 aliphatic heterocycles. The molecule has 0 aliphatic rings. The number of rotatable bonds is 7. The van der Waals surface area contributed by atoms with Crippen LogP contribution in [0.3, 0.4) is 0 Å². The third kappa shape index (κ3) is 5.13. The van der Waals surface area contributed by atoms with Crippen molar-refractivity contribution in [1.82, 2.24) is 4.90 Å². The zero-order valence-corrected chi connectivity index (χ0v) is 13.8. The topological polar surface area (TPSA) is 66.8 Å². The summed E-state index contributed by atoms with van der Waals surface area (Å²) in [6, 6.07) is 6.67. The molecule has 1 rings (SSSR count). The zero-order chi connectivity index (χ0) is 15.8. The van der Waals surface area contributed by atoms with Crippen molar-refractivity contribution >= 4 is 27.8 Å². The van der Waals surface area contributed by atoms with Gasteiger partial charge in [-0.25, -0.2) is 0 Å². The van der Waals surface area contributed by atoms with E-state index in [0.29, 0.717) is 12.0 Å². The number of ether oxygens (including phenoxy) is 1. The molecule has 1 atom stereocenters. The second-order valence-electron chi connectivity index (χ2n) is 4.58. The van der Waals surface area contributed by atoms with Gasteiger partial charge in [-0.2, -0.15) is 0 Å². The first-order valence-electron chi connectivity index (χ1n) is 6.77. The largest absolute Gasteiger partial charge is 0.469 e. The number of methoxy groups -OCH3 is 1. The minimum atomic E-state index is -0.378. The molecule has 0 aromatic heterocycles. The maximum Gasteiger partial charge on any atom is 0.307 e. The quantitative estimate of drug-likeness (QED) is 0.759. The normalized spacial score (nSPS) is 11.8. The Bertz CT molecular complexity index is 471. The van der Waals surface area contributed by atoms with Gasteiger partial charge in [-0.3, -0.25) is 9.59 Å². The Morgan fingerprint density at radius 3 is 2.43 bits per heavy atom. The van der Waals surface area contributed by atoms with E-state index in [0.717, 1.165) is 4.47 Å². The second-order valence-corrected chi connectivity index (χ2v) is 5.49. The summed E-state index contributed by atoms with van der Waals surface area (Å²) >= 11 is 3.32. The summed E-state index contributed by atoms with van der Waals surface area (Å²) < 4.78 is 5.49. The van der Waals surface area contributed by atoms with Crippen molar-refractivity contribution in [2.75, 3.05) is 20.3 Å². The summed E-state index contributed by atoms with van der Waals surface area (Å²) in [5.74, 6) is -0.580. The van der Waals surface area contributed by atoms with Gasteiger partial charge in [0.25, 0.3) is 5.91 Å². The average molecular weight is 358 g/mol. The van der Waals surface area contributed by atoms with Crippen molar-refractivity contribution in [3.05, 3.63) is 34.3 Å². The fourth-order valence-corrected chi connectivity index (χ4v) is 2.23. The van der Waals surface area contributed by atoms with E-state index in [4.69, 9.17) is 0 Å². The first kappa shape index (κ1) is 17.7. The van der Waals surface area contributed by atoms with Gasteiger partial charge in [0.05, 0.1) is 26.2 Å². The number of aliphatic hydroxyl groups is 1. The van der Waals surface area contributed by atoms with E-state index in [-0.39, 0.29) is 37.5 Å². The summed E-state index contributed by atoms with van der Waals surface area (Å²) in [7, 11) is 1.31. The molecule has 5 nitrogen and oxygen atoms in total. The van der Waals surface area contributed by atoms with Gasteiger partial charge >= 0.3 is 5.97 Å². The van der Waals surface area contributed by atoms with Crippen LogP contribution in [-0.4, -0.2) is 48.2 Å². The summed E-state index contributed by atoms with van der Waals surface area (Å²) in [5, 5.41) is 9.44. The minimum Gasteiger partial charge on any atom is -0.469 e. The molecule has 0 heterocycles. The number of carbonyl (C=O) groups excluding carboxylic acids is 2. The van der Waals surface area contributed by atoms with Crippen LogP contribution in [0.1, 0.15) is 30.1 Å². The molecule has 0 bridgehead atoms. The molecule has 0 saturated carbocycles. The van der Waals surface area contributed by atoms with Gasteiger partial charge in [0.15, 0.2) is 0 Å². The van der Waals surface area contributed by atoms with Crippen LogP contribution >= 0.6 is 15.9 Å². The van der Waals surface area contributed by atoms with E-state index in [1.54, 1.807) is 24.3 Å². The maximum atomic E-state index is 12.6. The average Bonchev–Trinajstić information content (AvgIpc) is 2.51. The predicted octanol–water partition coefficient (Wildman–Crippen LogP) is 2.23. The third-order valence-electron chi connectivity index (χ3n) is 3.26. The Morgan fingerprint density at radius 2 is 1.95 bits per heavy atom. The van der Waals surface area contributed by atoms with Crippen molar-refractivity contribution in [2.24, 2.45) is 0 Å². The predicted molar refractivity (Wildman–Crippen MR) is 83.0 cm³/mol. The summed E-state index contributed by atoms with van der Waals surface area (Å²) in [6.07, 6.45) is 0.717. The number of esters is 1. The lowest BCUT2D eigenvalue weighted by atomic mass is 10.1. The Balaban J connectivity index is 2.90. The fraction of sp³-hybridized carbons (Fsp3) is 0.467. The van der Waals surface area contributed by atoms with E-state index in [9.17, 15) is 14.7 Å². The maximum absolute atomic E-state index is 12.6. The van der Waals surface area contributed by atoms with Crippen molar-refractivity contribution in [3.63, 3.8) is 0 Å². The van der Waals surface area contributed by atoms with Crippen LogP contribution in [0.25, 0.3) is 0 Å². The highest BCUT2D eigenvalue weighted by atomic mass is 79.9. The first-order chi connectivity index (χ1) is 10.0. The number of aliphatic hydroxyl groups excluding tert-OH is 1. The van der Waals surface area contributed by atoms with Crippen LogP contribution in [0.2, 0.25) is 0 Å². The first-order valence-corrected chi connectivity index (χ1v) is 7.57. The summed E-state index contributed by atoms with van der Waals surface area (Å²) in [5.41, 5.74) is 0.523. The Labute approximate surface area is 133 Å². The van der Waals surface area contributed by atoms with Crippen LogP contribution < -0.4 is 0 Å². The number of carbonyl (C=O) groups is 2. The molecule has 116 valence electrons. The van der Waals surface area contributed by atoms with E-state index >= 15 is 0 Å². The summed E-state index contributed by atoms with van der Waals surface area (Å²) in [6.45, 7) is 1.97. The highest BCUT2D eigenvalue weighted by Crippen LogP contribution is 2.15. The van der Waals surface area contributed by atoms with Gasteiger partial charge in [0.2, 0.25) is 0 Å². The highest BCUT2D eigenvalue weighted by Gasteiger charge is 2.23. The van der Waals surface area contributed by atoms with Crippen molar-refractivity contribution < 1.29 is 19.4 Å². The van der Waals surface area contributed by atoms with Gasteiger partial charge in [-0.1, -0.05) is 22.9 Å². The number of hydrogen-bond donors (Lipinski definition) is 1. The molecule has 1 unspecified atom stereocenters. The number of hydrogen-bond acceptors (Lipinski definition) is 4. The second kappa shape index (κ2) is 8.79. The standard InChI is InChI=1S/C15H20BrNO4/c1-3-13(10-18)17(9-8-14(19)21-2)15(20)11-4-6-12(16)7-5-11/h4-7,13,18H,3,8-10H2,1-2H3. The molecular formula is C15H20BrNO4. The molecule has 6 heteroatoms. The molecule has 21 heavy (non-hydrogen) atoms. The molecule has 0 radical (unpaired) electrons. The van der Waals surface area contributed by atoms with Crippen LogP contribution in [0, 0.1) is 0 Å². The SMILES string of the molecule is CCC(CO)N(CCC(=O)OC)C(=O)c1ccc(Br)cc1. The van der Waals surface area contributed by atoms with E-state index < -0.39 is 0 Å². The molecular weight excluding hydrogens is 338 g/mol. The van der Waals surface area contributed by atoms with Crippen LogP contribution in [0.4, 0.5) is 0 Å². The van der Waals surface area contributed by atoms with Gasteiger partial charge in [0.1, 0.15) is 0 Å². The molecule has 0 spiro atoms. The van der Waals surface area contributed by atoms with Gasteiger partial charge < -0.3 is 14.7 Å². The smallest absolute Gasteiger partial charge is 0.307 e. The van der Waals surface area contributed by atoms with Crippen LogP contribution in [-0.2, 0) is 9.53 Å². The number of halogens is 1. The van der Waals surface area contributed by atoms with Gasteiger partial charge in [0, 0.05) is 16.6 Å². The highest BCUT2D eigenvalue weighted by molar-refractivity contribution is 9.10. The van der Waals surface area contributed by atoms with Crippen molar-refractivity contribution in [2.45, 2.75) is 25.8 Å². The number of nitrogens with zero attached hydrogens (tertiary/aromatic N) is 1. The van der Waals surface area contributed by atoms with Gasteiger partial charge in [-0.05, 0) is 30.7 Å². The molecule has 1 N–H and O–H groups in total. The number of benzene rings is 1. The van der Waals surface area contributed by atoms with Crippen LogP contribution in [0.5, 0.6) is 0 Å². The molecule has 1 amide bonds. The van der Waals surface area contributed by atoms with Crippen LogP contribution in [0.15, 0.2) is 28.7 Å². The monoisotopic (exact) mass is 357 g/mol. The molecule has 1 aromatic rings. The molecule has 1 aromatic carbocycles. The molecule has 0 fully saturated rings. The minimum absolute atomic E-state index is 0.106. The Kier molecular flexibility index (Phi) is 7.39. The Hall–Kier alpha value is -1.40. The summed E-state index contributed by atoms with van der Waals surface area (Å²) in [4.78, 5) is 25.4. The lowest BCUT2D eigenvalue weighted by Crippen LogP contribution is -2.43. The van der Waals surface area contributed by atoms with Crippen molar-refractivity contribution in [3.8, 4) is 0 Å². The third-order valence-corrected chi connectivity index (χ3v) is 3.79. The lowest BCUT2D eigenvalue weighted by molar-refractivity contribution is -0.140. The lowest BCUT2D eigenvalue weighted by Gasteiger charge is -2.29. The Morgan fingerprint density at radius 1 is 1.33 bits per heavy atom. The van der Waals surface area contributed by atoms with E-state index in [2.05, 4.69) is 20.7 Å². The zero-order valence-electron chi connectivity index (χ0n) is 12.2. The van der Waals surface area contributed by atoms with Crippen molar-refractivity contribution in [1.29, 1.82) is 0 Å². The number of amides is 1. The fourth-order valence-electron chi connectivity index (χ4n) is 1.97. The van der Waals surface area contributed by atoms with E-state index in [1.165, 1.54) is 12.0 Å². The van der Waals surface area contributed by atoms with E-state index in [1.807, 2.05) is 6.92 Å². The molecule has 0 aliphatic carbocycles.